The molecule has 0 unspecified atom stereocenters. The van der Waals surface area contributed by atoms with Gasteiger partial charge in [0, 0.05) is 19.0 Å². The smallest absolute Gasteiger partial charge is 0.112 e. The lowest BCUT2D eigenvalue weighted by atomic mass is 9.76. The Morgan fingerprint density at radius 2 is 2.00 bits per heavy atom. The molecule has 0 atom stereocenters. The van der Waals surface area contributed by atoms with Crippen molar-refractivity contribution in [3.63, 3.8) is 0 Å². The summed E-state index contributed by atoms with van der Waals surface area (Å²) in [6.07, 6.45) is 4.89. The average molecular weight is 241 g/mol. The van der Waals surface area contributed by atoms with Crippen LogP contribution >= 0.6 is 0 Å². The highest BCUT2D eigenvalue weighted by Crippen LogP contribution is 2.41. The Kier molecular flexibility index (Phi) is 2.10. The molecule has 3 nitrogen and oxygen atoms in total. The predicted molar refractivity (Wildman–Crippen MR) is 72.6 cm³/mol. The lowest BCUT2D eigenvalue weighted by Crippen LogP contribution is -2.34. The number of hydrogen-bond acceptors (Lipinski definition) is 2. The number of fused-ring (bicyclic) bond motifs is 1. The molecule has 4 rings (SSSR count). The van der Waals surface area contributed by atoms with Crippen molar-refractivity contribution in [2.24, 2.45) is 12.8 Å². The second kappa shape index (κ2) is 3.58. The molecule has 94 valence electrons. The van der Waals surface area contributed by atoms with Gasteiger partial charge in [0.05, 0.1) is 11.0 Å². The average Bonchev–Trinajstić information content (AvgIpc) is 3.11. The molecule has 2 N–H and O–H groups in total. The molecule has 0 bridgehead atoms. The Morgan fingerprint density at radius 3 is 2.67 bits per heavy atom. The normalized spacial score (nSPS) is 27.4. The van der Waals surface area contributed by atoms with E-state index >= 15 is 0 Å². The van der Waals surface area contributed by atoms with Crippen molar-refractivity contribution in [2.45, 2.75) is 43.6 Å². The van der Waals surface area contributed by atoms with Crippen molar-refractivity contribution in [3.05, 3.63) is 29.6 Å². The van der Waals surface area contributed by atoms with Crippen LogP contribution in [0, 0.1) is 0 Å². The third-order valence-electron chi connectivity index (χ3n) is 4.53. The van der Waals surface area contributed by atoms with Gasteiger partial charge in [-0.2, -0.15) is 0 Å². The van der Waals surface area contributed by atoms with E-state index in [0.29, 0.717) is 17.9 Å². The van der Waals surface area contributed by atoms with Gasteiger partial charge in [-0.3, -0.25) is 0 Å². The first-order chi connectivity index (χ1) is 8.72. The topological polar surface area (TPSA) is 43.8 Å². The van der Waals surface area contributed by atoms with Gasteiger partial charge in [-0.05, 0) is 49.3 Å². The zero-order valence-electron chi connectivity index (χ0n) is 10.8. The van der Waals surface area contributed by atoms with Crippen molar-refractivity contribution in [1.82, 2.24) is 9.55 Å². The first-order valence-corrected chi connectivity index (χ1v) is 6.94. The van der Waals surface area contributed by atoms with E-state index in [-0.39, 0.29) is 0 Å². The molecule has 0 radical (unpaired) electrons. The summed E-state index contributed by atoms with van der Waals surface area (Å²) < 4.78 is 2.29. The van der Waals surface area contributed by atoms with Gasteiger partial charge in [0.2, 0.25) is 0 Å². The van der Waals surface area contributed by atoms with Crippen molar-refractivity contribution in [1.29, 1.82) is 0 Å². The molecule has 0 spiro atoms. The summed E-state index contributed by atoms with van der Waals surface area (Å²) in [5, 5.41) is 0. The number of benzene rings is 1. The van der Waals surface area contributed by atoms with Gasteiger partial charge in [-0.1, -0.05) is 6.07 Å². The maximum Gasteiger partial charge on any atom is 0.112 e. The number of rotatable bonds is 2. The van der Waals surface area contributed by atoms with Gasteiger partial charge < -0.3 is 10.3 Å². The van der Waals surface area contributed by atoms with Crippen LogP contribution in [-0.2, 0) is 7.05 Å². The highest BCUT2D eigenvalue weighted by Gasteiger charge is 2.30. The molecular formula is C15H19N3. The fraction of sp³-hybridized carbons (Fsp3) is 0.533. The summed E-state index contributed by atoms with van der Waals surface area (Å²) in [6, 6.07) is 7.16. The number of aromatic nitrogens is 2. The molecule has 0 saturated heterocycles. The number of aryl methyl sites for hydroxylation is 1. The van der Waals surface area contributed by atoms with Gasteiger partial charge >= 0.3 is 0 Å². The molecule has 2 fully saturated rings. The molecule has 1 heterocycles. The second-order valence-electron chi connectivity index (χ2n) is 5.98. The third-order valence-corrected chi connectivity index (χ3v) is 4.53. The minimum Gasteiger partial charge on any atom is -0.331 e. The Bertz CT molecular complexity index is 603. The molecule has 2 aliphatic rings. The van der Waals surface area contributed by atoms with Gasteiger partial charge in [-0.25, -0.2) is 4.98 Å². The quantitative estimate of drug-likeness (QED) is 0.878. The van der Waals surface area contributed by atoms with E-state index in [1.54, 1.807) is 0 Å². The van der Waals surface area contributed by atoms with E-state index in [1.165, 1.54) is 29.7 Å². The van der Waals surface area contributed by atoms with Gasteiger partial charge in [0.15, 0.2) is 0 Å². The summed E-state index contributed by atoms with van der Waals surface area (Å²) >= 11 is 0. The largest absolute Gasteiger partial charge is 0.331 e. The first-order valence-electron chi connectivity index (χ1n) is 6.94. The summed E-state index contributed by atoms with van der Waals surface area (Å²) in [7, 11) is 2.15. The lowest BCUT2D eigenvalue weighted by Gasteiger charge is -2.32. The van der Waals surface area contributed by atoms with E-state index in [1.807, 2.05) is 0 Å². The highest BCUT2D eigenvalue weighted by molar-refractivity contribution is 5.77. The van der Waals surface area contributed by atoms with Gasteiger partial charge in [0.25, 0.3) is 0 Å². The fourth-order valence-corrected chi connectivity index (χ4v) is 3.12. The summed E-state index contributed by atoms with van der Waals surface area (Å²) in [5.41, 5.74) is 9.75. The molecule has 3 heteroatoms. The molecule has 2 aromatic rings. The van der Waals surface area contributed by atoms with Gasteiger partial charge in [0.1, 0.15) is 5.82 Å². The number of hydrogen-bond donors (Lipinski definition) is 1. The second-order valence-corrected chi connectivity index (χ2v) is 5.98. The molecule has 2 saturated carbocycles. The zero-order chi connectivity index (χ0) is 12.3. The van der Waals surface area contributed by atoms with E-state index in [4.69, 9.17) is 10.7 Å². The SMILES string of the molecule is Cn1c(C2CC2)nc2ccc(C3CC(N)C3)cc21. The molecule has 0 amide bonds. The van der Waals surface area contributed by atoms with E-state index in [2.05, 4.69) is 29.8 Å². The van der Waals surface area contributed by atoms with E-state index in [9.17, 15) is 0 Å². The minimum absolute atomic E-state index is 0.416. The number of nitrogens with zero attached hydrogens (tertiary/aromatic N) is 2. The van der Waals surface area contributed by atoms with Crippen LogP contribution in [0.2, 0.25) is 0 Å². The van der Waals surface area contributed by atoms with Crippen LogP contribution in [-0.4, -0.2) is 15.6 Å². The molecule has 0 aliphatic heterocycles. The van der Waals surface area contributed by atoms with Crippen LogP contribution in [0.25, 0.3) is 11.0 Å². The number of imidazole rings is 1. The van der Waals surface area contributed by atoms with Crippen LogP contribution in [0.3, 0.4) is 0 Å². The predicted octanol–water partition coefficient (Wildman–Crippen LogP) is 2.66. The minimum atomic E-state index is 0.416. The monoisotopic (exact) mass is 241 g/mol. The van der Waals surface area contributed by atoms with Crippen LogP contribution in [0.1, 0.15) is 48.9 Å². The Morgan fingerprint density at radius 1 is 1.22 bits per heavy atom. The van der Waals surface area contributed by atoms with Crippen LogP contribution in [0.15, 0.2) is 18.2 Å². The van der Waals surface area contributed by atoms with E-state index < -0.39 is 0 Å². The van der Waals surface area contributed by atoms with Crippen molar-refractivity contribution < 1.29 is 0 Å². The maximum atomic E-state index is 5.88. The molecule has 1 aromatic carbocycles. The Labute approximate surface area is 107 Å². The molecule has 1 aromatic heterocycles. The summed E-state index contributed by atoms with van der Waals surface area (Å²) in [6.45, 7) is 0. The third kappa shape index (κ3) is 1.50. The van der Waals surface area contributed by atoms with Crippen LogP contribution in [0.4, 0.5) is 0 Å². The molecular weight excluding hydrogens is 222 g/mol. The fourth-order valence-electron chi connectivity index (χ4n) is 3.12. The summed E-state index contributed by atoms with van der Waals surface area (Å²) in [5.74, 6) is 2.65. The number of nitrogens with two attached hydrogens (primary N) is 1. The highest BCUT2D eigenvalue weighted by atomic mass is 15.1. The standard InChI is InChI=1S/C15H19N3/c1-18-14-8-10(11-6-12(16)7-11)4-5-13(14)17-15(18)9-2-3-9/h4-5,8-9,11-12H,2-3,6-7,16H2,1H3. The molecule has 18 heavy (non-hydrogen) atoms. The Hall–Kier alpha value is -1.35. The Balaban J connectivity index is 1.77. The van der Waals surface area contributed by atoms with Crippen LogP contribution < -0.4 is 5.73 Å². The van der Waals surface area contributed by atoms with Crippen molar-refractivity contribution in [2.75, 3.05) is 0 Å². The summed E-state index contributed by atoms with van der Waals surface area (Å²) in [4.78, 5) is 4.77. The van der Waals surface area contributed by atoms with Crippen molar-refractivity contribution >= 4 is 11.0 Å². The van der Waals surface area contributed by atoms with Crippen LogP contribution in [0.5, 0.6) is 0 Å². The van der Waals surface area contributed by atoms with Gasteiger partial charge in [-0.15, -0.1) is 0 Å². The van der Waals surface area contributed by atoms with Crippen molar-refractivity contribution in [3.8, 4) is 0 Å². The maximum absolute atomic E-state index is 5.88. The zero-order valence-corrected chi connectivity index (χ0v) is 10.8. The lowest BCUT2D eigenvalue weighted by molar-refractivity contribution is 0.351. The molecule has 2 aliphatic carbocycles. The van der Waals surface area contributed by atoms with E-state index in [0.717, 1.165) is 18.4 Å². The first kappa shape index (κ1) is 10.6.